The zero-order valence-electron chi connectivity index (χ0n) is 17.8. The normalized spacial score (nSPS) is 12.5. The van der Waals surface area contributed by atoms with Crippen LogP contribution in [0.5, 0.6) is 0 Å². The Bertz CT molecular complexity index is 1560. The van der Waals surface area contributed by atoms with Crippen LogP contribution in [-0.2, 0) is 0 Å². The molecule has 0 spiro atoms. The Labute approximate surface area is 188 Å². The average Bonchev–Trinajstić information content (AvgIpc) is 3.46. The van der Waals surface area contributed by atoms with E-state index in [1.807, 2.05) is 31.2 Å². The summed E-state index contributed by atoms with van der Waals surface area (Å²) >= 11 is 0. The van der Waals surface area contributed by atoms with Gasteiger partial charge in [0.15, 0.2) is 11.5 Å². The molecule has 0 bridgehead atoms. The van der Waals surface area contributed by atoms with E-state index in [9.17, 15) is 4.39 Å². The number of nitrogens with two attached hydrogens (primary N) is 1. The highest BCUT2D eigenvalue weighted by molar-refractivity contribution is 5.95. The number of hydrogen-bond acceptors (Lipinski definition) is 5. The van der Waals surface area contributed by atoms with Crippen molar-refractivity contribution >= 4 is 27.6 Å². The highest BCUT2D eigenvalue weighted by Gasteiger charge is 2.17. The smallest absolute Gasteiger partial charge is 0.161 e. The van der Waals surface area contributed by atoms with Crippen LogP contribution in [0.4, 0.5) is 4.39 Å². The fraction of sp³-hybridized carbons (Fsp3) is 0.0400. The average molecular weight is 437 g/mol. The van der Waals surface area contributed by atoms with Crippen LogP contribution in [0.1, 0.15) is 12.6 Å². The minimum Gasteiger partial charge on any atom is -0.399 e. The van der Waals surface area contributed by atoms with Gasteiger partial charge in [-0.1, -0.05) is 24.8 Å². The van der Waals surface area contributed by atoms with Gasteiger partial charge in [-0.15, -0.1) is 0 Å². The number of imidazole rings is 1. The van der Waals surface area contributed by atoms with Crippen molar-refractivity contribution in [1.82, 2.24) is 30.1 Å². The maximum Gasteiger partial charge on any atom is 0.161 e. The second kappa shape index (κ2) is 8.16. The maximum atomic E-state index is 13.4. The fourth-order valence-corrected chi connectivity index (χ4v) is 3.65. The highest BCUT2D eigenvalue weighted by atomic mass is 19.1. The van der Waals surface area contributed by atoms with E-state index in [1.54, 1.807) is 30.6 Å². The first-order valence-electron chi connectivity index (χ1n) is 10.3. The van der Waals surface area contributed by atoms with Gasteiger partial charge in [0, 0.05) is 17.5 Å². The molecule has 33 heavy (non-hydrogen) atoms. The lowest BCUT2D eigenvalue weighted by molar-refractivity contribution is 0.628. The summed E-state index contributed by atoms with van der Waals surface area (Å²) < 4.78 is 13.4. The zero-order chi connectivity index (χ0) is 22.9. The van der Waals surface area contributed by atoms with Gasteiger partial charge in [-0.05, 0) is 54.5 Å². The van der Waals surface area contributed by atoms with Gasteiger partial charge in [0.25, 0.3) is 0 Å². The molecule has 0 unspecified atom stereocenters. The Morgan fingerprint density at radius 1 is 1.03 bits per heavy atom. The molecule has 5 rings (SSSR count). The van der Waals surface area contributed by atoms with E-state index in [1.165, 1.54) is 12.1 Å². The summed E-state index contributed by atoms with van der Waals surface area (Å²) in [6.07, 6.45) is 8.77. The van der Waals surface area contributed by atoms with Crippen molar-refractivity contribution in [2.75, 3.05) is 0 Å². The van der Waals surface area contributed by atoms with E-state index in [0.29, 0.717) is 22.7 Å². The molecule has 7 nitrogen and oxygen atoms in total. The number of nitrogens with one attached hydrogen (secondary N) is 2. The van der Waals surface area contributed by atoms with Gasteiger partial charge in [-0.25, -0.2) is 14.4 Å². The monoisotopic (exact) mass is 437 g/mol. The molecule has 0 aliphatic rings. The maximum absolute atomic E-state index is 13.4. The molecule has 4 aromatic heterocycles. The van der Waals surface area contributed by atoms with Gasteiger partial charge >= 0.3 is 0 Å². The van der Waals surface area contributed by atoms with E-state index in [2.05, 4.69) is 26.7 Å². The number of H-pyrrole nitrogens is 2. The number of aromatic amines is 2. The largest absolute Gasteiger partial charge is 0.399 e. The summed E-state index contributed by atoms with van der Waals surface area (Å²) in [6, 6.07) is 10.1. The van der Waals surface area contributed by atoms with E-state index in [0.717, 1.165) is 38.9 Å². The van der Waals surface area contributed by atoms with Crippen LogP contribution in [0.15, 0.2) is 79.3 Å². The van der Waals surface area contributed by atoms with E-state index in [4.69, 9.17) is 15.7 Å². The lowest BCUT2D eigenvalue weighted by atomic mass is 10.1. The Balaban J connectivity index is 1.63. The third kappa shape index (κ3) is 3.67. The van der Waals surface area contributed by atoms with Gasteiger partial charge in [0.2, 0.25) is 0 Å². The van der Waals surface area contributed by atoms with Gasteiger partial charge < -0.3 is 10.7 Å². The van der Waals surface area contributed by atoms with Crippen LogP contribution < -0.4 is 5.73 Å². The van der Waals surface area contributed by atoms with Crippen LogP contribution in [0, 0.1) is 5.82 Å². The van der Waals surface area contributed by atoms with Crippen LogP contribution in [-0.4, -0.2) is 30.1 Å². The molecule has 0 saturated carbocycles. The second-order valence-electron chi connectivity index (χ2n) is 7.43. The molecule has 0 amide bonds. The summed E-state index contributed by atoms with van der Waals surface area (Å²) in [4.78, 5) is 17.2. The summed E-state index contributed by atoms with van der Waals surface area (Å²) in [5, 5.41) is 7.47. The zero-order valence-corrected chi connectivity index (χ0v) is 17.8. The van der Waals surface area contributed by atoms with Gasteiger partial charge in [-0.3, -0.25) is 10.1 Å². The molecule has 0 atom stereocenters. The number of aromatic nitrogens is 6. The van der Waals surface area contributed by atoms with E-state index in [-0.39, 0.29) is 5.82 Å². The first-order chi connectivity index (χ1) is 16.1. The highest BCUT2D eigenvalue weighted by Crippen LogP contribution is 2.31. The minimum atomic E-state index is -0.295. The topological polar surface area (TPSA) is 109 Å². The number of halogens is 1. The number of pyridine rings is 2. The predicted molar refractivity (Wildman–Crippen MR) is 128 cm³/mol. The van der Waals surface area contributed by atoms with Crippen LogP contribution in [0.2, 0.25) is 0 Å². The molecule has 0 aliphatic carbocycles. The third-order valence-corrected chi connectivity index (χ3v) is 5.35. The Morgan fingerprint density at radius 2 is 1.85 bits per heavy atom. The van der Waals surface area contributed by atoms with Crippen molar-refractivity contribution in [3.05, 3.63) is 90.8 Å². The van der Waals surface area contributed by atoms with Crippen molar-refractivity contribution in [3.63, 3.8) is 0 Å². The predicted octanol–water partition coefficient (Wildman–Crippen LogP) is 5.13. The molecule has 0 aliphatic heterocycles. The van der Waals surface area contributed by atoms with Gasteiger partial charge in [0.05, 0.1) is 28.4 Å². The molecule has 0 saturated heterocycles. The molecule has 5 aromatic rings. The van der Waals surface area contributed by atoms with Crippen molar-refractivity contribution < 1.29 is 4.39 Å². The Kier molecular flexibility index (Phi) is 5.02. The number of fused-ring (bicyclic) bond motifs is 2. The molecule has 1 aromatic carbocycles. The third-order valence-electron chi connectivity index (χ3n) is 5.35. The molecular formula is C25H20FN7. The van der Waals surface area contributed by atoms with Crippen molar-refractivity contribution in [1.29, 1.82) is 0 Å². The first kappa shape index (κ1) is 20.3. The van der Waals surface area contributed by atoms with Gasteiger partial charge in [0.1, 0.15) is 11.3 Å². The molecular weight excluding hydrogens is 417 g/mol. The molecule has 162 valence electrons. The number of allylic oxidation sites excluding steroid dienone is 4. The number of hydrogen-bond donors (Lipinski definition) is 3. The Morgan fingerprint density at radius 3 is 2.61 bits per heavy atom. The minimum absolute atomic E-state index is 0.295. The number of nitrogens with zero attached hydrogens (tertiary/aromatic N) is 4. The summed E-state index contributed by atoms with van der Waals surface area (Å²) in [5.41, 5.74) is 13.2. The molecule has 0 fully saturated rings. The van der Waals surface area contributed by atoms with Crippen molar-refractivity contribution in [3.8, 4) is 22.6 Å². The lowest BCUT2D eigenvalue weighted by Gasteiger charge is -2.03. The molecule has 4 N–H and O–H groups in total. The van der Waals surface area contributed by atoms with Crippen LogP contribution in [0.25, 0.3) is 50.3 Å². The van der Waals surface area contributed by atoms with Crippen molar-refractivity contribution in [2.45, 2.75) is 6.92 Å². The summed E-state index contributed by atoms with van der Waals surface area (Å²) in [6.45, 7) is 5.62. The second-order valence-corrected chi connectivity index (χ2v) is 7.43. The van der Waals surface area contributed by atoms with Gasteiger partial charge in [-0.2, -0.15) is 5.10 Å². The molecule has 8 heteroatoms. The lowest BCUT2D eigenvalue weighted by Crippen LogP contribution is -1.95. The molecule has 0 radical (unpaired) electrons. The van der Waals surface area contributed by atoms with Crippen LogP contribution in [0.3, 0.4) is 0 Å². The standard InChI is InChI=1S/C25H20FN7/c1-3-14(11-17(27)4-2)19-9-10-20-23(29-19)24(33-32-20)25-30-21-13-28-12-18(22(21)31-25)15-5-7-16(26)8-6-15/h3-13H,2,27H2,1H3,(H,30,31)(H,32,33)/b14-3+,17-11+. The molecule has 4 heterocycles. The SMILES string of the molecule is C=C/C(N)=C\C(=C/C)c1ccc2[nH]nc(-c3nc4c(-c5ccc(F)cc5)cncc4[nH]3)c2n1. The quantitative estimate of drug-likeness (QED) is 0.330. The number of benzene rings is 1. The van der Waals surface area contributed by atoms with Crippen molar-refractivity contribution in [2.24, 2.45) is 5.73 Å². The van der Waals surface area contributed by atoms with E-state index >= 15 is 0 Å². The van der Waals surface area contributed by atoms with Crippen LogP contribution >= 0.6 is 0 Å². The fourth-order valence-electron chi connectivity index (χ4n) is 3.65. The summed E-state index contributed by atoms with van der Waals surface area (Å²) in [7, 11) is 0. The summed E-state index contributed by atoms with van der Waals surface area (Å²) in [5.74, 6) is 0.261. The number of rotatable bonds is 5. The first-order valence-corrected chi connectivity index (χ1v) is 10.3. The van der Waals surface area contributed by atoms with E-state index < -0.39 is 0 Å². The Hall–Kier alpha value is -4.59.